The van der Waals surface area contributed by atoms with Crippen molar-refractivity contribution in [3.8, 4) is 0 Å². The summed E-state index contributed by atoms with van der Waals surface area (Å²) in [6.45, 7) is 1.33. The Morgan fingerprint density at radius 3 is 2.00 bits per heavy atom. The number of aryl methyl sites for hydroxylation is 1. The Morgan fingerprint density at radius 2 is 1.61 bits per heavy atom. The van der Waals surface area contributed by atoms with E-state index in [1.54, 1.807) is 0 Å². The monoisotopic (exact) mass is 256 g/mol. The normalized spacial score (nSPS) is 9.89. The molecule has 10 heteroatoms. The van der Waals surface area contributed by atoms with Crippen molar-refractivity contribution in [3.63, 3.8) is 0 Å². The predicted octanol–water partition coefficient (Wildman–Crippen LogP) is 1.44. The summed E-state index contributed by atoms with van der Waals surface area (Å²) in [6.07, 6.45) is 0. The highest BCUT2D eigenvalue weighted by atomic mass is 16.7. The molecule has 0 aliphatic heterocycles. The van der Waals surface area contributed by atoms with Crippen molar-refractivity contribution >= 4 is 17.1 Å². The number of nitro benzene ring substituents is 2. The maximum atomic E-state index is 10.8. The van der Waals surface area contributed by atoms with Crippen molar-refractivity contribution in [3.05, 3.63) is 48.0 Å². The van der Waals surface area contributed by atoms with Gasteiger partial charge in [0.25, 0.3) is 5.69 Å². The molecule has 10 nitrogen and oxygen atoms in total. The van der Waals surface area contributed by atoms with Gasteiger partial charge in [0.1, 0.15) is 0 Å². The van der Waals surface area contributed by atoms with Gasteiger partial charge in [0.05, 0.1) is 23.0 Å². The Hall–Kier alpha value is -2.78. The van der Waals surface area contributed by atoms with Crippen LogP contribution in [0.3, 0.4) is 0 Å². The minimum atomic E-state index is -0.894. The zero-order valence-corrected chi connectivity index (χ0v) is 9.39. The van der Waals surface area contributed by atoms with Crippen molar-refractivity contribution in [1.82, 2.24) is 0 Å². The Kier molecular flexibility index (Phi) is 3.40. The number of nitrogens with zero attached hydrogens (tertiary/aromatic N) is 4. The zero-order chi connectivity index (χ0) is 14.0. The third-order valence-corrected chi connectivity index (χ3v) is 2.24. The molecule has 0 radical (unpaired) electrons. The van der Waals surface area contributed by atoms with Crippen LogP contribution in [0.15, 0.2) is 12.1 Å². The fourth-order valence-electron chi connectivity index (χ4n) is 1.49. The summed E-state index contributed by atoms with van der Waals surface area (Å²) in [5, 5.41) is 31.6. The lowest BCUT2D eigenvalue weighted by Crippen LogP contribution is -2.26. The van der Waals surface area contributed by atoms with Crippen LogP contribution in [0.5, 0.6) is 0 Å². The molecule has 0 atom stereocenters. The largest absolute Gasteiger partial charge is 0.305 e. The molecule has 0 amide bonds. The molecule has 0 aliphatic rings. The summed E-state index contributed by atoms with van der Waals surface area (Å²) in [6, 6.07) is 1.74. The van der Waals surface area contributed by atoms with Gasteiger partial charge in [-0.05, 0) is 12.5 Å². The Balaban J connectivity index is 3.55. The molecule has 0 spiro atoms. The molecule has 0 N–H and O–H groups in total. The molecule has 1 rings (SSSR count). The van der Waals surface area contributed by atoms with Crippen LogP contribution in [0, 0.1) is 37.3 Å². The molecule has 0 aromatic heterocycles. The highest BCUT2D eigenvalue weighted by molar-refractivity contribution is 5.69. The zero-order valence-electron chi connectivity index (χ0n) is 9.39. The van der Waals surface area contributed by atoms with E-state index in [2.05, 4.69) is 0 Å². The maximum Gasteiger partial charge on any atom is 0.305 e. The van der Waals surface area contributed by atoms with E-state index >= 15 is 0 Å². The van der Waals surface area contributed by atoms with Gasteiger partial charge < -0.3 is 0 Å². The Morgan fingerprint density at radius 1 is 1.06 bits per heavy atom. The van der Waals surface area contributed by atoms with E-state index in [0.29, 0.717) is 11.1 Å². The topological polar surface area (TPSA) is 133 Å². The van der Waals surface area contributed by atoms with E-state index in [1.807, 2.05) is 0 Å². The second-order valence-electron chi connectivity index (χ2n) is 3.41. The molecule has 18 heavy (non-hydrogen) atoms. The standard InChI is InChI=1S/C8H8N4O6/c1-5-3-6(10(13)14)4-7(11(15)16)8(5)9(2)12(17)18/h3-4H,1-2H3. The third kappa shape index (κ3) is 2.31. The van der Waals surface area contributed by atoms with Gasteiger partial charge in [0.2, 0.25) is 0 Å². The summed E-state index contributed by atoms with van der Waals surface area (Å²) in [4.78, 5) is 30.3. The minimum absolute atomic E-state index is 0.0788. The molecule has 0 bridgehead atoms. The lowest BCUT2D eigenvalue weighted by Gasteiger charge is -2.11. The quantitative estimate of drug-likeness (QED) is 0.587. The Bertz CT molecular complexity index is 543. The van der Waals surface area contributed by atoms with Crippen molar-refractivity contribution in [2.24, 2.45) is 0 Å². The number of rotatable bonds is 4. The van der Waals surface area contributed by atoms with E-state index in [1.165, 1.54) is 6.92 Å². The van der Waals surface area contributed by atoms with Crippen LogP contribution in [-0.2, 0) is 0 Å². The number of non-ortho nitro benzene ring substituents is 1. The second kappa shape index (κ2) is 4.61. The van der Waals surface area contributed by atoms with Crippen LogP contribution in [-0.4, -0.2) is 21.9 Å². The number of benzene rings is 1. The number of hydrazine groups is 1. The number of anilines is 1. The molecular weight excluding hydrogens is 248 g/mol. The number of hydrogen-bond donors (Lipinski definition) is 0. The smallest absolute Gasteiger partial charge is 0.258 e. The van der Waals surface area contributed by atoms with Crippen molar-refractivity contribution < 1.29 is 14.9 Å². The predicted molar refractivity (Wildman–Crippen MR) is 59.9 cm³/mol. The molecule has 0 saturated carbocycles. The van der Waals surface area contributed by atoms with Crippen molar-refractivity contribution in [1.29, 1.82) is 0 Å². The average molecular weight is 256 g/mol. The second-order valence-corrected chi connectivity index (χ2v) is 3.41. The molecule has 0 unspecified atom stereocenters. The molecule has 0 aliphatic carbocycles. The lowest BCUT2D eigenvalue weighted by atomic mass is 10.1. The molecular formula is C8H8N4O6. The average Bonchev–Trinajstić information content (AvgIpc) is 2.26. The molecule has 1 aromatic rings. The van der Waals surface area contributed by atoms with E-state index in [4.69, 9.17) is 0 Å². The van der Waals surface area contributed by atoms with Gasteiger partial charge in [-0.25, -0.2) is 10.1 Å². The van der Waals surface area contributed by atoms with Gasteiger partial charge >= 0.3 is 5.69 Å². The fraction of sp³-hybridized carbons (Fsp3) is 0.250. The molecule has 1 aromatic carbocycles. The molecule has 0 fully saturated rings. The molecule has 0 heterocycles. The fourth-order valence-corrected chi connectivity index (χ4v) is 1.49. The van der Waals surface area contributed by atoms with Crippen LogP contribution in [0.4, 0.5) is 17.1 Å². The number of nitro groups is 3. The minimum Gasteiger partial charge on any atom is -0.258 e. The van der Waals surface area contributed by atoms with Crippen LogP contribution in [0.1, 0.15) is 5.56 Å². The lowest BCUT2D eigenvalue weighted by molar-refractivity contribution is -0.491. The van der Waals surface area contributed by atoms with Crippen molar-refractivity contribution in [2.75, 3.05) is 12.1 Å². The van der Waals surface area contributed by atoms with Crippen LogP contribution < -0.4 is 5.01 Å². The highest BCUT2D eigenvalue weighted by Crippen LogP contribution is 2.35. The third-order valence-electron chi connectivity index (χ3n) is 2.24. The van der Waals surface area contributed by atoms with E-state index < -0.39 is 26.3 Å². The first-order valence-corrected chi connectivity index (χ1v) is 4.57. The summed E-state index contributed by atoms with van der Waals surface area (Å²) in [5.74, 6) is 0. The van der Waals surface area contributed by atoms with Gasteiger partial charge in [-0.2, -0.15) is 0 Å². The van der Waals surface area contributed by atoms with E-state index in [9.17, 15) is 30.3 Å². The molecule has 0 saturated heterocycles. The first-order chi connectivity index (χ1) is 8.25. The highest BCUT2D eigenvalue weighted by Gasteiger charge is 2.29. The first kappa shape index (κ1) is 13.3. The van der Waals surface area contributed by atoms with Crippen LogP contribution >= 0.6 is 0 Å². The van der Waals surface area contributed by atoms with Gasteiger partial charge in [-0.3, -0.25) is 20.2 Å². The van der Waals surface area contributed by atoms with Crippen LogP contribution in [0.25, 0.3) is 0 Å². The van der Waals surface area contributed by atoms with E-state index in [-0.39, 0.29) is 11.3 Å². The maximum absolute atomic E-state index is 10.8. The van der Waals surface area contributed by atoms with Gasteiger partial charge in [-0.1, -0.05) is 5.01 Å². The SMILES string of the molecule is Cc1cc([N+](=O)[O-])cc([N+](=O)[O-])c1N(C)[N+](=O)[O-]. The van der Waals surface area contributed by atoms with Crippen LogP contribution in [0.2, 0.25) is 0 Å². The van der Waals surface area contributed by atoms with Gasteiger partial charge in [0, 0.05) is 6.07 Å². The summed E-state index contributed by atoms with van der Waals surface area (Å²) in [5.41, 5.74) is -1.37. The number of hydrogen-bond acceptors (Lipinski definition) is 6. The summed E-state index contributed by atoms with van der Waals surface area (Å²) < 4.78 is 0. The van der Waals surface area contributed by atoms with Crippen molar-refractivity contribution in [2.45, 2.75) is 6.92 Å². The summed E-state index contributed by atoms with van der Waals surface area (Å²) >= 11 is 0. The van der Waals surface area contributed by atoms with Gasteiger partial charge in [-0.15, -0.1) is 0 Å². The first-order valence-electron chi connectivity index (χ1n) is 4.57. The Labute approximate surface area is 99.9 Å². The molecule has 96 valence electrons. The van der Waals surface area contributed by atoms with E-state index in [0.717, 1.165) is 13.1 Å². The van der Waals surface area contributed by atoms with Gasteiger partial charge in [0.15, 0.2) is 10.7 Å². The summed E-state index contributed by atoms with van der Waals surface area (Å²) in [7, 11) is 1.03.